The molecule has 1 atom stereocenters. The molecule has 100 valence electrons. The van der Waals surface area contributed by atoms with Gasteiger partial charge in [0.1, 0.15) is 0 Å². The highest BCUT2D eigenvalue weighted by Crippen LogP contribution is 2.29. The summed E-state index contributed by atoms with van der Waals surface area (Å²) in [6, 6.07) is 6.22. The third kappa shape index (κ3) is 4.44. The maximum Gasteiger partial charge on any atom is 0.161 e. The normalized spacial score (nSPS) is 12.7. The van der Waals surface area contributed by atoms with E-state index < -0.39 is 0 Å². The van der Waals surface area contributed by atoms with Crippen LogP contribution in [0.4, 0.5) is 0 Å². The quantitative estimate of drug-likeness (QED) is 0.672. The number of benzene rings is 1. The highest BCUT2D eigenvalue weighted by atomic mass is 16.5. The zero-order valence-corrected chi connectivity index (χ0v) is 11.9. The van der Waals surface area contributed by atoms with E-state index in [0.29, 0.717) is 19.1 Å². The molecule has 0 fully saturated rings. The highest BCUT2D eigenvalue weighted by Gasteiger charge is 2.07. The van der Waals surface area contributed by atoms with E-state index in [1.807, 2.05) is 19.9 Å². The van der Waals surface area contributed by atoms with Crippen molar-refractivity contribution in [2.75, 3.05) is 13.2 Å². The van der Waals surface area contributed by atoms with Gasteiger partial charge in [-0.2, -0.15) is 0 Å². The number of hydrogen-bond acceptors (Lipinski definition) is 2. The van der Waals surface area contributed by atoms with Crippen molar-refractivity contribution in [2.24, 2.45) is 5.92 Å². The average Bonchev–Trinajstić information content (AvgIpc) is 2.33. The topological polar surface area (TPSA) is 18.5 Å². The summed E-state index contributed by atoms with van der Waals surface area (Å²) in [7, 11) is 0. The summed E-state index contributed by atoms with van der Waals surface area (Å²) in [5.41, 5.74) is 1.28. The van der Waals surface area contributed by atoms with Crippen LogP contribution in [0.2, 0.25) is 0 Å². The lowest BCUT2D eigenvalue weighted by molar-refractivity contribution is 0.287. The maximum atomic E-state index is 5.63. The van der Waals surface area contributed by atoms with E-state index in [9.17, 15) is 0 Å². The molecule has 0 aliphatic rings. The summed E-state index contributed by atoms with van der Waals surface area (Å²) in [6.45, 7) is 9.57. The van der Waals surface area contributed by atoms with Gasteiger partial charge in [0.2, 0.25) is 0 Å². The lowest BCUT2D eigenvalue weighted by atomic mass is 10.0. The number of allylic oxidation sites excluding steroid dienone is 2. The molecule has 0 radical (unpaired) electrons. The molecule has 0 saturated carbocycles. The molecule has 18 heavy (non-hydrogen) atoms. The fourth-order valence-electron chi connectivity index (χ4n) is 1.99. The number of hydrogen-bond donors (Lipinski definition) is 0. The largest absolute Gasteiger partial charge is 0.490 e. The van der Waals surface area contributed by atoms with E-state index in [0.717, 1.165) is 17.9 Å². The van der Waals surface area contributed by atoms with Crippen LogP contribution in [-0.4, -0.2) is 13.2 Å². The van der Waals surface area contributed by atoms with Crippen LogP contribution in [0.1, 0.15) is 33.3 Å². The summed E-state index contributed by atoms with van der Waals surface area (Å²) in [5.74, 6) is 2.23. The minimum Gasteiger partial charge on any atom is -0.490 e. The molecule has 0 amide bonds. The third-order valence-electron chi connectivity index (χ3n) is 2.69. The van der Waals surface area contributed by atoms with Crippen molar-refractivity contribution in [1.82, 2.24) is 0 Å². The minimum atomic E-state index is 0.544. The standard InChI is InChI=1S/C16H24O2/c1-5-8-13(4)11-14-9-10-15(17-6-2)16(12-14)18-7-3/h5,8-10,12-13H,6-7,11H2,1-4H3/b8-5-. The molecule has 1 aromatic carbocycles. The Hall–Kier alpha value is -1.44. The Balaban J connectivity index is 2.84. The van der Waals surface area contributed by atoms with E-state index in [1.165, 1.54) is 5.56 Å². The summed E-state index contributed by atoms with van der Waals surface area (Å²) in [4.78, 5) is 0. The Morgan fingerprint density at radius 1 is 1.11 bits per heavy atom. The van der Waals surface area contributed by atoms with Gasteiger partial charge in [-0.15, -0.1) is 0 Å². The van der Waals surface area contributed by atoms with Gasteiger partial charge in [0, 0.05) is 0 Å². The Bertz CT molecular complexity index is 383. The van der Waals surface area contributed by atoms with Crippen LogP contribution >= 0.6 is 0 Å². The smallest absolute Gasteiger partial charge is 0.161 e. The minimum absolute atomic E-state index is 0.544. The summed E-state index contributed by atoms with van der Waals surface area (Å²) < 4.78 is 11.2. The molecule has 0 spiro atoms. The molecule has 2 nitrogen and oxygen atoms in total. The average molecular weight is 248 g/mol. The Kier molecular flexibility index (Phi) is 6.34. The van der Waals surface area contributed by atoms with E-state index in [1.54, 1.807) is 0 Å². The van der Waals surface area contributed by atoms with Crippen molar-refractivity contribution in [3.63, 3.8) is 0 Å². The molecule has 0 bridgehead atoms. The van der Waals surface area contributed by atoms with Crippen molar-refractivity contribution >= 4 is 0 Å². The molecular formula is C16H24O2. The first-order valence-corrected chi connectivity index (χ1v) is 6.72. The van der Waals surface area contributed by atoms with Crippen molar-refractivity contribution in [1.29, 1.82) is 0 Å². The van der Waals surface area contributed by atoms with Gasteiger partial charge in [-0.05, 0) is 50.8 Å². The highest BCUT2D eigenvalue weighted by molar-refractivity contribution is 5.43. The molecule has 0 saturated heterocycles. The zero-order chi connectivity index (χ0) is 13.4. The Labute approximate surface area is 111 Å². The van der Waals surface area contributed by atoms with Gasteiger partial charge in [0.05, 0.1) is 13.2 Å². The van der Waals surface area contributed by atoms with Gasteiger partial charge >= 0.3 is 0 Å². The second-order valence-electron chi connectivity index (χ2n) is 4.35. The van der Waals surface area contributed by atoms with E-state index in [4.69, 9.17) is 9.47 Å². The first-order chi connectivity index (χ1) is 8.71. The van der Waals surface area contributed by atoms with Crippen LogP contribution in [0.25, 0.3) is 0 Å². The van der Waals surface area contributed by atoms with Crippen molar-refractivity contribution in [3.8, 4) is 11.5 Å². The lowest BCUT2D eigenvalue weighted by Crippen LogP contribution is -2.01. The van der Waals surface area contributed by atoms with Crippen molar-refractivity contribution < 1.29 is 9.47 Å². The summed E-state index contributed by atoms with van der Waals surface area (Å²) >= 11 is 0. The number of rotatable bonds is 7. The van der Waals surface area contributed by atoms with E-state index in [2.05, 4.69) is 38.1 Å². The summed E-state index contributed by atoms with van der Waals surface area (Å²) in [6.07, 6.45) is 5.34. The van der Waals surface area contributed by atoms with Crippen LogP contribution in [-0.2, 0) is 6.42 Å². The van der Waals surface area contributed by atoms with Gasteiger partial charge in [0.25, 0.3) is 0 Å². The van der Waals surface area contributed by atoms with Gasteiger partial charge in [-0.25, -0.2) is 0 Å². The molecule has 2 heteroatoms. The maximum absolute atomic E-state index is 5.63. The molecular weight excluding hydrogens is 224 g/mol. The molecule has 0 aromatic heterocycles. The molecule has 1 rings (SSSR count). The molecule has 1 aromatic rings. The first-order valence-electron chi connectivity index (χ1n) is 6.72. The molecule has 0 aliphatic carbocycles. The SMILES string of the molecule is C/C=C\C(C)Cc1ccc(OCC)c(OCC)c1. The molecule has 0 aliphatic heterocycles. The number of ether oxygens (including phenoxy) is 2. The van der Waals surface area contributed by atoms with Gasteiger partial charge in [0.15, 0.2) is 11.5 Å². The second kappa shape index (κ2) is 7.80. The molecule has 0 N–H and O–H groups in total. The predicted molar refractivity (Wildman–Crippen MR) is 76.5 cm³/mol. The predicted octanol–water partition coefficient (Wildman–Crippen LogP) is 4.24. The Morgan fingerprint density at radius 2 is 1.78 bits per heavy atom. The van der Waals surface area contributed by atoms with Crippen molar-refractivity contribution in [3.05, 3.63) is 35.9 Å². The Morgan fingerprint density at radius 3 is 2.39 bits per heavy atom. The van der Waals surface area contributed by atoms with Crippen molar-refractivity contribution in [2.45, 2.75) is 34.1 Å². The van der Waals surface area contributed by atoms with Crippen LogP contribution in [0.15, 0.2) is 30.4 Å². The van der Waals surface area contributed by atoms with E-state index >= 15 is 0 Å². The lowest BCUT2D eigenvalue weighted by Gasteiger charge is -2.13. The van der Waals surface area contributed by atoms with Crippen LogP contribution in [0.5, 0.6) is 11.5 Å². The second-order valence-corrected chi connectivity index (χ2v) is 4.35. The van der Waals surface area contributed by atoms with Crippen LogP contribution < -0.4 is 9.47 Å². The summed E-state index contributed by atoms with van der Waals surface area (Å²) in [5, 5.41) is 0. The fourth-order valence-corrected chi connectivity index (χ4v) is 1.99. The third-order valence-corrected chi connectivity index (χ3v) is 2.69. The van der Waals surface area contributed by atoms with Gasteiger partial charge in [-0.1, -0.05) is 25.1 Å². The zero-order valence-electron chi connectivity index (χ0n) is 11.9. The monoisotopic (exact) mass is 248 g/mol. The van der Waals surface area contributed by atoms with E-state index in [-0.39, 0.29) is 0 Å². The fraction of sp³-hybridized carbons (Fsp3) is 0.500. The van der Waals surface area contributed by atoms with Crippen LogP contribution in [0.3, 0.4) is 0 Å². The first kappa shape index (κ1) is 14.6. The molecule has 1 unspecified atom stereocenters. The molecule has 0 heterocycles. The van der Waals surface area contributed by atoms with Gasteiger partial charge in [-0.3, -0.25) is 0 Å². The van der Waals surface area contributed by atoms with Gasteiger partial charge < -0.3 is 9.47 Å². The van der Waals surface area contributed by atoms with Crippen LogP contribution in [0, 0.1) is 5.92 Å².